The molecule has 7 N–H and O–H groups in total. The molecule has 7 heteroatoms. The molecule has 0 aliphatic heterocycles. The molecule has 7 nitrogen and oxygen atoms in total. The first-order valence-corrected chi connectivity index (χ1v) is 8.01. The first kappa shape index (κ1) is 15.6. The van der Waals surface area contributed by atoms with Gasteiger partial charge in [0.15, 0.2) is 0 Å². The molecule has 128 valence electrons. The van der Waals surface area contributed by atoms with Crippen molar-refractivity contribution < 1.29 is 0 Å². The normalized spacial score (nSPS) is 10.8. The summed E-state index contributed by atoms with van der Waals surface area (Å²) in [7, 11) is 0. The largest absolute Gasteiger partial charge is 0.398 e. The summed E-state index contributed by atoms with van der Waals surface area (Å²) >= 11 is 0. The highest BCUT2D eigenvalue weighted by atomic mass is 15.1. The second-order valence-electron chi connectivity index (χ2n) is 5.88. The quantitative estimate of drug-likeness (QED) is 0.286. The summed E-state index contributed by atoms with van der Waals surface area (Å²) in [5.74, 6) is 0.763. The first-order chi connectivity index (χ1) is 12.6. The van der Waals surface area contributed by atoms with Gasteiger partial charge in [-0.3, -0.25) is 0 Å². The number of fused-ring (bicyclic) bond motifs is 1. The molecule has 2 aromatic carbocycles. The fourth-order valence-corrected chi connectivity index (χ4v) is 2.91. The lowest BCUT2D eigenvalue weighted by molar-refractivity contribution is 1.18. The van der Waals surface area contributed by atoms with Crippen molar-refractivity contribution in [1.29, 1.82) is 5.41 Å². The monoisotopic (exact) mass is 343 g/mol. The molecule has 0 unspecified atom stereocenters. The fraction of sp³-hybridized carbons (Fsp3) is 0. The summed E-state index contributed by atoms with van der Waals surface area (Å²) < 4.78 is 0. The van der Waals surface area contributed by atoms with Crippen molar-refractivity contribution in [2.75, 3.05) is 16.8 Å². The van der Waals surface area contributed by atoms with Crippen LogP contribution in [0.2, 0.25) is 0 Å². The molecule has 0 bridgehead atoms. The van der Waals surface area contributed by atoms with Gasteiger partial charge in [-0.1, -0.05) is 12.1 Å². The zero-order valence-corrected chi connectivity index (χ0v) is 13.8. The molecule has 0 aliphatic carbocycles. The first-order valence-electron chi connectivity index (χ1n) is 8.01. The molecule has 4 rings (SSSR count). The van der Waals surface area contributed by atoms with Gasteiger partial charge in [0, 0.05) is 46.6 Å². The van der Waals surface area contributed by atoms with E-state index in [-0.39, 0.29) is 5.95 Å². The molecule has 0 amide bonds. The minimum atomic E-state index is 0.190. The summed E-state index contributed by atoms with van der Waals surface area (Å²) in [5.41, 5.74) is 16.7. The molecule has 0 radical (unpaired) electrons. The number of hydrogen-bond acceptors (Lipinski definition) is 6. The molecule has 0 aliphatic rings. The SMILES string of the molecule is N=Cc1cc(Nc2ccnc(N)n2)cc(-c2ccc3cc[nH]c3c2)c1N. The number of nitrogens with one attached hydrogen (secondary N) is 3. The maximum absolute atomic E-state index is 7.68. The van der Waals surface area contributed by atoms with Crippen molar-refractivity contribution in [1.82, 2.24) is 15.0 Å². The maximum Gasteiger partial charge on any atom is 0.221 e. The van der Waals surface area contributed by atoms with Gasteiger partial charge in [0.05, 0.1) is 0 Å². The average Bonchev–Trinajstić information content (AvgIpc) is 3.10. The third kappa shape index (κ3) is 2.82. The second-order valence-corrected chi connectivity index (χ2v) is 5.88. The lowest BCUT2D eigenvalue weighted by Crippen LogP contribution is -2.02. The minimum absolute atomic E-state index is 0.190. The molecular weight excluding hydrogens is 326 g/mol. The summed E-state index contributed by atoms with van der Waals surface area (Å²) in [6.07, 6.45) is 4.73. The van der Waals surface area contributed by atoms with E-state index in [1.54, 1.807) is 18.3 Å². The van der Waals surface area contributed by atoms with E-state index in [9.17, 15) is 0 Å². The Morgan fingerprint density at radius 3 is 2.77 bits per heavy atom. The van der Waals surface area contributed by atoms with Crippen LogP contribution in [0.5, 0.6) is 0 Å². The third-order valence-corrected chi connectivity index (χ3v) is 4.18. The summed E-state index contributed by atoms with van der Waals surface area (Å²) in [5, 5.41) is 12.0. The number of nitrogens with two attached hydrogens (primary N) is 2. The van der Waals surface area contributed by atoms with Gasteiger partial charge in [0.2, 0.25) is 5.95 Å². The van der Waals surface area contributed by atoms with E-state index >= 15 is 0 Å². The maximum atomic E-state index is 7.68. The van der Waals surface area contributed by atoms with Crippen LogP contribution >= 0.6 is 0 Å². The fourth-order valence-electron chi connectivity index (χ4n) is 2.91. The van der Waals surface area contributed by atoms with E-state index in [1.165, 1.54) is 6.21 Å². The van der Waals surface area contributed by atoms with Gasteiger partial charge in [0.1, 0.15) is 5.82 Å². The van der Waals surface area contributed by atoms with Gasteiger partial charge in [-0.05, 0) is 41.3 Å². The van der Waals surface area contributed by atoms with Crippen LogP contribution in [0, 0.1) is 5.41 Å². The lowest BCUT2D eigenvalue weighted by atomic mass is 9.98. The standard InChI is InChI=1S/C19H17N7/c20-10-13-7-14(25-17-4-6-24-19(22)26-17)9-15(18(13)21)12-2-1-11-3-5-23-16(11)8-12/h1-10,20,23H,21H2,(H3,22,24,25,26). The van der Waals surface area contributed by atoms with Gasteiger partial charge in [-0.25, -0.2) is 4.98 Å². The van der Waals surface area contributed by atoms with Crippen LogP contribution in [0.1, 0.15) is 5.56 Å². The third-order valence-electron chi connectivity index (χ3n) is 4.18. The average molecular weight is 343 g/mol. The van der Waals surface area contributed by atoms with Crippen molar-refractivity contribution in [3.63, 3.8) is 0 Å². The van der Waals surface area contributed by atoms with Crippen molar-refractivity contribution in [2.24, 2.45) is 0 Å². The van der Waals surface area contributed by atoms with Crippen LogP contribution in [-0.2, 0) is 0 Å². The van der Waals surface area contributed by atoms with Crippen LogP contribution < -0.4 is 16.8 Å². The number of nitrogen functional groups attached to an aromatic ring is 2. The summed E-state index contributed by atoms with van der Waals surface area (Å²) in [4.78, 5) is 11.2. The van der Waals surface area contributed by atoms with E-state index in [1.807, 2.05) is 36.5 Å². The molecule has 2 aromatic heterocycles. The predicted octanol–water partition coefficient (Wildman–Crippen LogP) is 3.53. The van der Waals surface area contributed by atoms with Crippen LogP contribution in [0.15, 0.2) is 54.9 Å². The highest BCUT2D eigenvalue weighted by Crippen LogP contribution is 2.34. The van der Waals surface area contributed by atoms with Crippen LogP contribution in [0.3, 0.4) is 0 Å². The minimum Gasteiger partial charge on any atom is -0.398 e. The number of H-pyrrole nitrogens is 1. The van der Waals surface area contributed by atoms with Crippen molar-refractivity contribution >= 4 is 40.3 Å². The van der Waals surface area contributed by atoms with Gasteiger partial charge in [0.25, 0.3) is 0 Å². The predicted molar refractivity (Wildman–Crippen MR) is 106 cm³/mol. The molecule has 2 heterocycles. The summed E-state index contributed by atoms with van der Waals surface area (Å²) in [6.45, 7) is 0. The molecule has 0 fully saturated rings. The van der Waals surface area contributed by atoms with Crippen molar-refractivity contribution in [3.05, 3.63) is 60.4 Å². The second kappa shape index (κ2) is 6.21. The van der Waals surface area contributed by atoms with Crippen molar-refractivity contribution in [3.8, 4) is 11.1 Å². The van der Waals surface area contributed by atoms with Gasteiger partial charge >= 0.3 is 0 Å². The molecule has 0 atom stereocenters. The van der Waals surface area contributed by atoms with E-state index < -0.39 is 0 Å². The Morgan fingerprint density at radius 1 is 1.08 bits per heavy atom. The Balaban J connectivity index is 1.81. The van der Waals surface area contributed by atoms with Crippen molar-refractivity contribution in [2.45, 2.75) is 0 Å². The van der Waals surface area contributed by atoms with E-state index in [4.69, 9.17) is 16.9 Å². The number of aromatic nitrogens is 3. The number of hydrogen-bond donors (Lipinski definition) is 5. The number of benzene rings is 2. The Labute approximate surface area is 149 Å². The topological polar surface area (TPSA) is 129 Å². The molecule has 26 heavy (non-hydrogen) atoms. The van der Waals surface area contributed by atoms with E-state index in [0.717, 1.165) is 27.7 Å². The van der Waals surface area contributed by atoms with Gasteiger partial charge in [-0.2, -0.15) is 4.98 Å². The molecule has 0 saturated carbocycles. The van der Waals surface area contributed by atoms with Crippen LogP contribution in [-0.4, -0.2) is 21.2 Å². The molecule has 4 aromatic rings. The van der Waals surface area contributed by atoms with E-state index in [0.29, 0.717) is 17.1 Å². The molecule has 0 saturated heterocycles. The van der Waals surface area contributed by atoms with Crippen LogP contribution in [0.25, 0.3) is 22.0 Å². The molecular formula is C19H17N7. The number of nitrogens with zero attached hydrogens (tertiary/aromatic N) is 2. The number of aromatic amines is 1. The smallest absolute Gasteiger partial charge is 0.221 e. The number of anilines is 4. The van der Waals surface area contributed by atoms with E-state index in [2.05, 4.69) is 20.3 Å². The zero-order valence-electron chi connectivity index (χ0n) is 13.8. The Kier molecular flexibility index (Phi) is 3.74. The Morgan fingerprint density at radius 2 is 1.96 bits per heavy atom. The number of rotatable bonds is 4. The van der Waals surface area contributed by atoms with Crippen LogP contribution in [0.4, 0.5) is 23.1 Å². The summed E-state index contributed by atoms with van der Waals surface area (Å²) in [6, 6.07) is 13.6. The van der Waals surface area contributed by atoms with Gasteiger partial charge in [-0.15, -0.1) is 0 Å². The van der Waals surface area contributed by atoms with Gasteiger partial charge < -0.3 is 27.2 Å². The highest BCUT2D eigenvalue weighted by Gasteiger charge is 2.11. The zero-order chi connectivity index (χ0) is 18.1. The highest BCUT2D eigenvalue weighted by molar-refractivity contribution is 5.96. The Bertz CT molecular complexity index is 1110. The Hall–Kier alpha value is -3.87. The molecule has 0 spiro atoms. The lowest BCUT2D eigenvalue weighted by Gasteiger charge is -2.14.